The van der Waals surface area contributed by atoms with Gasteiger partial charge in [0.05, 0.1) is 12.3 Å². The standard InChI is InChI=1S/C18H28O6Si/c1-3-23-25(24-4-2,16-11-6-5-7-12-16)13-9-8-10-15(18(21)22)14-17(19)20/h5-7,11-12,15H,3-4,8-10,13-14H2,1-2H3,(H,19,20)(H,21,22). The average Bonchev–Trinajstić information content (AvgIpc) is 2.58. The molecule has 0 aromatic heterocycles. The highest BCUT2D eigenvalue weighted by molar-refractivity contribution is 6.81. The largest absolute Gasteiger partial charge is 0.481 e. The van der Waals surface area contributed by atoms with Crippen molar-refractivity contribution in [3.63, 3.8) is 0 Å². The molecule has 1 rings (SSSR count). The van der Waals surface area contributed by atoms with Crippen LogP contribution in [0.15, 0.2) is 30.3 Å². The molecule has 2 N–H and O–H groups in total. The van der Waals surface area contributed by atoms with Gasteiger partial charge in [0, 0.05) is 13.2 Å². The molecule has 0 radical (unpaired) electrons. The summed E-state index contributed by atoms with van der Waals surface area (Å²) >= 11 is 0. The number of carbonyl (C=O) groups is 2. The summed E-state index contributed by atoms with van der Waals surface area (Å²) in [4.78, 5) is 21.9. The maximum absolute atomic E-state index is 11.1. The van der Waals surface area contributed by atoms with E-state index in [0.29, 0.717) is 26.1 Å². The first kappa shape index (κ1) is 21.3. The van der Waals surface area contributed by atoms with Crippen molar-refractivity contribution in [2.75, 3.05) is 13.2 Å². The van der Waals surface area contributed by atoms with Crippen molar-refractivity contribution in [3.8, 4) is 0 Å². The summed E-state index contributed by atoms with van der Waals surface area (Å²) in [7, 11) is -2.57. The lowest BCUT2D eigenvalue weighted by Gasteiger charge is -2.30. The molecule has 0 fully saturated rings. The summed E-state index contributed by atoms with van der Waals surface area (Å²) in [5.41, 5.74) is 0. The summed E-state index contributed by atoms with van der Waals surface area (Å²) in [6.45, 7) is 4.99. The minimum absolute atomic E-state index is 0.340. The molecule has 0 aliphatic heterocycles. The van der Waals surface area contributed by atoms with Gasteiger partial charge in [0.1, 0.15) is 0 Å². The van der Waals surface area contributed by atoms with E-state index in [0.717, 1.165) is 17.7 Å². The molecular weight excluding hydrogens is 340 g/mol. The third-order valence-electron chi connectivity index (χ3n) is 4.05. The maximum Gasteiger partial charge on any atom is 0.372 e. The predicted octanol–water partition coefficient (Wildman–Crippen LogP) is 2.75. The van der Waals surface area contributed by atoms with Gasteiger partial charge in [0.15, 0.2) is 0 Å². The SMILES string of the molecule is CCO[Si](CCCCC(CC(=O)O)C(=O)O)(OCC)c1ccccc1. The third kappa shape index (κ3) is 6.97. The zero-order chi connectivity index (χ0) is 18.7. The van der Waals surface area contributed by atoms with E-state index in [9.17, 15) is 9.59 Å². The van der Waals surface area contributed by atoms with E-state index < -0.39 is 26.4 Å². The van der Waals surface area contributed by atoms with Gasteiger partial charge in [-0.2, -0.15) is 0 Å². The van der Waals surface area contributed by atoms with Crippen molar-refractivity contribution < 1.29 is 28.7 Å². The highest BCUT2D eigenvalue weighted by Crippen LogP contribution is 2.21. The number of hydrogen-bond acceptors (Lipinski definition) is 4. The molecule has 1 atom stereocenters. The molecular formula is C18H28O6Si. The highest BCUT2D eigenvalue weighted by Gasteiger charge is 2.39. The fourth-order valence-corrected chi connectivity index (χ4v) is 6.27. The van der Waals surface area contributed by atoms with Crippen LogP contribution < -0.4 is 5.19 Å². The molecule has 0 heterocycles. The van der Waals surface area contributed by atoms with Crippen LogP contribution in [0.1, 0.15) is 39.5 Å². The zero-order valence-electron chi connectivity index (χ0n) is 14.9. The summed E-state index contributed by atoms with van der Waals surface area (Å²) < 4.78 is 12.2. The van der Waals surface area contributed by atoms with Gasteiger partial charge in [-0.3, -0.25) is 9.59 Å². The van der Waals surface area contributed by atoms with Crippen LogP contribution in [0.2, 0.25) is 6.04 Å². The molecule has 7 heteroatoms. The molecule has 0 aliphatic rings. The van der Waals surface area contributed by atoms with Crippen molar-refractivity contribution in [1.82, 2.24) is 0 Å². The third-order valence-corrected chi connectivity index (χ3v) is 7.78. The number of carboxylic acids is 2. The molecule has 0 amide bonds. The minimum atomic E-state index is -2.57. The van der Waals surface area contributed by atoms with E-state index in [1.165, 1.54) is 0 Å². The first-order valence-electron chi connectivity index (χ1n) is 8.73. The van der Waals surface area contributed by atoms with E-state index in [-0.39, 0.29) is 6.42 Å². The van der Waals surface area contributed by atoms with E-state index in [2.05, 4.69) is 0 Å². The molecule has 1 aromatic rings. The molecule has 0 bridgehead atoms. The molecule has 25 heavy (non-hydrogen) atoms. The van der Waals surface area contributed by atoms with Crippen LogP contribution in [-0.4, -0.2) is 43.9 Å². The predicted molar refractivity (Wildman–Crippen MR) is 97.1 cm³/mol. The van der Waals surface area contributed by atoms with Gasteiger partial charge in [-0.25, -0.2) is 0 Å². The molecule has 1 unspecified atom stereocenters. The molecule has 0 spiro atoms. The first-order chi connectivity index (χ1) is 11.9. The Morgan fingerprint density at radius 2 is 1.64 bits per heavy atom. The van der Waals surface area contributed by atoms with Crippen molar-refractivity contribution >= 4 is 25.7 Å². The summed E-state index contributed by atoms with van der Waals surface area (Å²) in [5.74, 6) is -2.97. The Kier molecular flexibility index (Phi) is 9.40. The molecule has 140 valence electrons. The Bertz CT molecular complexity index is 528. The van der Waals surface area contributed by atoms with Gasteiger partial charge < -0.3 is 19.1 Å². The Morgan fingerprint density at radius 1 is 1.04 bits per heavy atom. The Balaban J connectivity index is 2.72. The smallest absolute Gasteiger partial charge is 0.372 e. The second-order valence-corrected chi connectivity index (χ2v) is 9.02. The van der Waals surface area contributed by atoms with Gasteiger partial charge in [0.2, 0.25) is 0 Å². The molecule has 0 saturated heterocycles. The molecule has 6 nitrogen and oxygen atoms in total. The van der Waals surface area contributed by atoms with Crippen molar-refractivity contribution in [2.45, 2.75) is 45.6 Å². The quantitative estimate of drug-likeness (QED) is 0.411. The second-order valence-electron chi connectivity index (χ2n) is 5.86. The van der Waals surface area contributed by atoms with Gasteiger partial charge in [-0.1, -0.05) is 43.2 Å². The van der Waals surface area contributed by atoms with Crippen molar-refractivity contribution in [1.29, 1.82) is 0 Å². The number of hydrogen-bond donors (Lipinski definition) is 2. The van der Waals surface area contributed by atoms with Gasteiger partial charge in [-0.05, 0) is 31.5 Å². The van der Waals surface area contributed by atoms with Crippen LogP contribution in [0.4, 0.5) is 0 Å². The lowest BCUT2D eigenvalue weighted by atomic mass is 9.99. The Labute approximate surface area is 150 Å². The van der Waals surface area contributed by atoms with E-state index in [1.54, 1.807) is 0 Å². The molecule has 1 aromatic carbocycles. The van der Waals surface area contributed by atoms with E-state index in [1.807, 2.05) is 44.2 Å². The number of carboxylic acid groups (broad SMARTS) is 2. The van der Waals surface area contributed by atoms with Gasteiger partial charge in [-0.15, -0.1) is 0 Å². The highest BCUT2D eigenvalue weighted by atomic mass is 28.4. The van der Waals surface area contributed by atoms with Crippen LogP contribution in [-0.2, 0) is 18.4 Å². The molecule has 0 saturated carbocycles. The summed E-state index contributed by atoms with van der Waals surface area (Å²) in [5, 5.41) is 19.0. The maximum atomic E-state index is 11.1. The average molecular weight is 369 g/mol. The summed E-state index contributed by atoms with van der Waals surface area (Å²) in [6.07, 6.45) is 1.38. The fourth-order valence-electron chi connectivity index (χ4n) is 2.93. The summed E-state index contributed by atoms with van der Waals surface area (Å²) in [6, 6.07) is 10.6. The van der Waals surface area contributed by atoms with Crippen LogP contribution in [0.3, 0.4) is 0 Å². The molecule has 0 aliphatic carbocycles. The number of aliphatic carboxylic acids is 2. The van der Waals surface area contributed by atoms with Crippen molar-refractivity contribution in [2.24, 2.45) is 5.92 Å². The number of benzene rings is 1. The van der Waals surface area contributed by atoms with Gasteiger partial charge >= 0.3 is 20.5 Å². The fraction of sp³-hybridized carbons (Fsp3) is 0.556. The lowest BCUT2D eigenvalue weighted by Crippen LogP contribution is -2.53. The van der Waals surface area contributed by atoms with Crippen LogP contribution in [0, 0.1) is 5.92 Å². The van der Waals surface area contributed by atoms with Gasteiger partial charge in [0.25, 0.3) is 0 Å². The first-order valence-corrected chi connectivity index (χ1v) is 10.8. The lowest BCUT2D eigenvalue weighted by molar-refractivity contribution is -0.148. The van der Waals surface area contributed by atoms with E-state index in [4.69, 9.17) is 19.1 Å². The monoisotopic (exact) mass is 368 g/mol. The minimum Gasteiger partial charge on any atom is -0.481 e. The van der Waals surface area contributed by atoms with Crippen LogP contribution >= 0.6 is 0 Å². The Hall–Kier alpha value is -1.70. The second kappa shape index (κ2) is 11.0. The Morgan fingerprint density at radius 3 is 2.12 bits per heavy atom. The topological polar surface area (TPSA) is 93.1 Å². The van der Waals surface area contributed by atoms with Crippen LogP contribution in [0.5, 0.6) is 0 Å². The van der Waals surface area contributed by atoms with Crippen molar-refractivity contribution in [3.05, 3.63) is 30.3 Å². The van der Waals surface area contributed by atoms with Crippen LogP contribution in [0.25, 0.3) is 0 Å². The normalized spacial score (nSPS) is 12.7. The van der Waals surface area contributed by atoms with E-state index >= 15 is 0 Å². The number of unbranched alkanes of at least 4 members (excludes halogenated alkanes) is 1. The number of rotatable bonds is 13. The zero-order valence-corrected chi connectivity index (χ0v) is 15.9.